The summed E-state index contributed by atoms with van der Waals surface area (Å²) >= 11 is 0. The van der Waals surface area contributed by atoms with Gasteiger partial charge >= 0.3 is 23.9 Å². The Morgan fingerprint density at radius 1 is 0.842 bits per heavy atom. The van der Waals surface area contributed by atoms with Crippen LogP contribution in [0.4, 0.5) is 0 Å². The molecular formula is C29H45NO8. The third-order valence-electron chi connectivity index (χ3n) is 6.60. The highest BCUT2D eigenvalue weighted by Gasteiger charge is 2.36. The van der Waals surface area contributed by atoms with Gasteiger partial charge in [0.25, 0.3) is 0 Å². The molecule has 0 aromatic heterocycles. The van der Waals surface area contributed by atoms with E-state index in [2.05, 4.69) is 0 Å². The third kappa shape index (κ3) is 10.1. The summed E-state index contributed by atoms with van der Waals surface area (Å²) in [5.74, 6) is -2.66. The van der Waals surface area contributed by atoms with Crippen molar-refractivity contribution in [1.82, 2.24) is 0 Å². The van der Waals surface area contributed by atoms with E-state index in [1.165, 1.54) is 13.2 Å². The van der Waals surface area contributed by atoms with Crippen molar-refractivity contribution in [2.75, 3.05) is 13.7 Å². The number of carbonyl (C=O) groups is 4. The zero-order chi connectivity index (χ0) is 28.9. The van der Waals surface area contributed by atoms with Gasteiger partial charge in [-0.1, -0.05) is 60.5 Å². The van der Waals surface area contributed by atoms with Gasteiger partial charge in [-0.15, -0.1) is 0 Å². The Labute approximate surface area is 226 Å². The van der Waals surface area contributed by atoms with Crippen LogP contribution < -0.4 is 15.2 Å². The maximum Gasteiger partial charge on any atom is 0.326 e. The summed E-state index contributed by atoms with van der Waals surface area (Å²) in [5, 5.41) is 0. The highest BCUT2D eigenvalue weighted by molar-refractivity contribution is 5.81. The summed E-state index contributed by atoms with van der Waals surface area (Å²) in [6.07, 6.45) is 3.61. The van der Waals surface area contributed by atoms with Crippen LogP contribution in [0.15, 0.2) is 18.2 Å². The van der Waals surface area contributed by atoms with E-state index in [-0.39, 0.29) is 54.7 Å². The summed E-state index contributed by atoms with van der Waals surface area (Å²) in [6, 6.07) is 4.72. The van der Waals surface area contributed by atoms with Gasteiger partial charge in [-0.3, -0.25) is 19.2 Å². The molecular weight excluding hydrogens is 490 g/mol. The normalized spacial score (nSPS) is 14.9. The average Bonchev–Trinajstić information content (AvgIpc) is 2.89. The Kier molecular flexibility index (Phi) is 14.0. The topological polar surface area (TPSA) is 131 Å². The lowest BCUT2D eigenvalue weighted by atomic mass is 9.88. The standard InChI is InChI=1S/C29H45NO8/c1-8-11-20(5)26(32)37-23-14-13-22(17-24(23)38-27(33)21(6)12-9-2)18-29(30,28(34)35-7)15-16-36-25(31)19(4)10-3/h13-14,17,19-21H,8-12,15-16,18,30H2,1-7H3/t19-,20?,21?,29?/m0/s1. The van der Waals surface area contributed by atoms with Crippen LogP contribution in [0.25, 0.3) is 0 Å². The first-order valence-electron chi connectivity index (χ1n) is 13.5. The van der Waals surface area contributed by atoms with E-state index in [1.807, 2.05) is 20.8 Å². The number of methoxy groups -OCH3 is 1. The minimum atomic E-state index is -1.50. The molecule has 214 valence electrons. The first-order valence-corrected chi connectivity index (χ1v) is 13.5. The van der Waals surface area contributed by atoms with Gasteiger partial charge in [0.2, 0.25) is 0 Å². The van der Waals surface area contributed by atoms with E-state index in [0.29, 0.717) is 24.8 Å². The van der Waals surface area contributed by atoms with Crippen LogP contribution in [0.3, 0.4) is 0 Å². The molecule has 1 rings (SSSR count). The second-order valence-corrected chi connectivity index (χ2v) is 10.1. The molecule has 2 N–H and O–H groups in total. The van der Waals surface area contributed by atoms with Crippen LogP contribution in [0.2, 0.25) is 0 Å². The molecule has 9 nitrogen and oxygen atoms in total. The van der Waals surface area contributed by atoms with Gasteiger partial charge in [0.15, 0.2) is 11.5 Å². The molecule has 0 heterocycles. The smallest absolute Gasteiger partial charge is 0.326 e. The lowest BCUT2D eigenvalue weighted by molar-refractivity contribution is -0.153. The Hall–Kier alpha value is -2.94. The van der Waals surface area contributed by atoms with Crippen molar-refractivity contribution in [3.8, 4) is 11.5 Å². The molecule has 0 saturated carbocycles. The fourth-order valence-electron chi connectivity index (χ4n) is 3.82. The number of carbonyl (C=O) groups excluding carboxylic acids is 4. The largest absolute Gasteiger partial charge is 0.468 e. The number of benzene rings is 1. The van der Waals surface area contributed by atoms with Gasteiger partial charge in [0.1, 0.15) is 5.54 Å². The monoisotopic (exact) mass is 535 g/mol. The molecule has 9 heteroatoms. The molecule has 38 heavy (non-hydrogen) atoms. The van der Waals surface area contributed by atoms with Crippen molar-refractivity contribution in [3.05, 3.63) is 23.8 Å². The fourth-order valence-corrected chi connectivity index (χ4v) is 3.82. The zero-order valence-electron chi connectivity index (χ0n) is 24.0. The molecule has 3 unspecified atom stereocenters. The van der Waals surface area contributed by atoms with Gasteiger partial charge in [-0.25, -0.2) is 0 Å². The molecule has 0 saturated heterocycles. The van der Waals surface area contributed by atoms with E-state index < -0.39 is 23.4 Å². The molecule has 0 amide bonds. The first kappa shape index (κ1) is 33.1. The molecule has 4 atom stereocenters. The van der Waals surface area contributed by atoms with Crippen molar-refractivity contribution in [2.45, 2.75) is 92.0 Å². The molecule has 0 aliphatic heterocycles. The average molecular weight is 536 g/mol. The number of esters is 4. The molecule has 1 aromatic rings. The predicted octanol–water partition coefficient (Wildman–Crippen LogP) is 4.76. The van der Waals surface area contributed by atoms with Crippen LogP contribution in [-0.2, 0) is 35.1 Å². The maximum atomic E-state index is 12.7. The zero-order valence-corrected chi connectivity index (χ0v) is 24.0. The van der Waals surface area contributed by atoms with Gasteiger partial charge in [-0.2, -0.15) is 0 Å². The number of rotatable bonds is 16. The summed E-state index contributed by atoms with van der Waals surface area (Å²) in [5.41, 5.74) is 5.50. The maximum absolute atomic E-state index is 12.7. The number of nitrogens with two attached hydrogens (primary N) is 1. The first-order chi connectivity index (χ1) is 17.9. The van der Waals surface area contributed by atoms with E-state index >= 15 is 0 Å². The Balaban J connectivity index is 3.24. The van der Waals surface area contributed by atoms with E-state index in [0.717, 1.165) is 12.8 Å². The summed E-state index contributed by atoms with van der Waals surface area (Å²) in [4.78, 5) is 50.0. The van der Waals surface area contributed by atoms with Gasteiger partial charge < -0.3 is 24.7 Å². The molecule has 0 aliphatic carbocycles. The minimum absolute atomic E-state index is 0.0100. The lowest BCUT2D eigenvalue weighted by Gasteiger charge is -2.27. The van der Waals surface area contributed by atoms with Gasteiger partial charge in [0.05, 0.1) is 31.5 Å². The second kappa shape index (κ2) is 16.1. The Morgan fingerprint density at radius 3 is 1.89 bits per heavy atom. The molecule has 0 radical (unpaired) electrons. The third-order valence-corrected chi connectivity index (χ3v) is 6.60. The van der Waals surface area contributed by atoms with Crippen LogP contribution in [0, 0.1) is 17.8 Å². The number of hydrogen-bond donors (Lipinski definition) is 1. The van der Waals surface area contributed by atoms with Gasteiger partial charge in [0, 0.05) is 12.8 Å². The predicted molar refractivity (Wildman–Crippen MR) is 144 cm³/mol. The molecule has 0 fully saturated rings. The summed E-state index contributed by atoms with van der Waals surface area (Å²) in [6.45, 7) is 11.1. The number of ether oxygens (including phenoxy) is 4. The molecule has 0 spiro atoms. The number of hydrogen-bond acceptors (Lipinski definition) is 9. The van der Waals surface area contributed by atoms with Gasteiger partial charge in [-0.05, 0) is 37.0 Å². The van der Waals surface area contributed by atoms with E-state index in [4.69, 9.17) is 24.7 Å². The fraction of sp³-hybridized carbons (Fsp3) is 0.655. The Morgan fingerprint density at radius 2 is 1.39 bits per heavy atom. The van der Waals surface area contributed by atoms with Crippen LogP contribution in [0.5, 0.6) is 11.5 Å². The quantitative estimate of drug-likeness (QED) is 0.235. The van der Waals surface area contributed by atoms with Crippen molar-refractivity contribution in [3.63, 3.8) is 0 Å². The highest BCUT2D eigenvalue weighted by atomic mass is 16.6. The van der Waals surface area contributed by atoms with Crippen molar-refractivity contribution in [2.24, 2.45) is 23.5 Å². The minimum Gasteiger partial charge on any atom is -0.468 e. The highest BCUT2D eigenvalue weighted by Crippen LogP contribution is 2.32. The van der Waals surface area contributed by atoms with Crippen LogP contribution in [-0.4, -0.2) is 43.1 Å². The van der Waals surface area contributed by atoms with E-state index in [9.17, 15) is 19.2 Å². The SMILES string of the molecule is CCCC(C)C(=O)Oc1ccc(CC(N)(CCOC(=O)[C@@H](C)CC)C(=O)OC)cc1OC(=O)C(C)CCC. The molecule has 0 aliphatic rings. The molecule has 0 bridgehead atoms. The Bertz CT molecular complexity index is 947. The van der Waals surface area contributed by atoms with Crippen molar-refractivity contribution in [1.29, 1.82) is 0 Å². The second-order valence-electron chi connectivity index (χ2n) is 10.1. The summed E-state index contributed by atoms with van der Waals surface area (Å²) in [7, 11) is 1.23. The van der Waals surface area contributed by atoms with Crippen molar-refractivity contribution >= 4 is 23.9 Å². The van der Waals surface area contributed by atoms with Crippen molar-refractivity contribution < 1.29 is 38.1 Å². The van der Waals surface area contributed by atoms with Crippen LogP contribution >= 0.6 is 0 Å². The van der Waals surface area contributed by atoms with E-state index in [1.54, 1.807) is 32.9 Å². The van der Waals surface area contributed by atoms with Crippen LogP contribution in [0.1, 0.15) is 85.6 Å². The summed E-state index contributed by atoms with van der Waals surface area (Å²) < 4.78 is 21.5. The lowest BCUT2D eigenvalue weighted by Crippen LogP contribution is -2.51. The molecule has 1 aromatic carbocycles.